The van der Waals surface area contributed by atoms with Gasteiger partial charge < -0.3 is 18.9 Å². The van der Waals surface area contributed by atoms with Crippen molar-refractivity contribution >= 4 is 18.2 Å². The Hall–Kier alpha value is -2.61. The smallest absolute Gasteiger partial charge is 0.428 e. The van der Waals surface area contributed by atoms with Gasteiger partial charge in [-0.15, -0.1) is 4.90 Å². The molecular formula is C34H52N2O6. The number of rotatable bonds is 4. The second kappa shape index (κ2) is 11.5. The van der Waals surface area contributed by atoms with Crippen LogP contribution >= 0.6 is 0 Å². The number of ether oxygens (including phenoxy) is 4. The molecule has 8 nitrogen and oxygen atoms in total. The van der Waals surface area contributed by atoms with Gasteiger partial charge in [0.15, 0.2) is 0 Å². The standard InChI is InChI=1S/C34H52N2O6/c1-21(2)12-13-24-14-15-25-19-33(17-22(3)27(39-11)23(4)18-33)34(26(25)16-24)20-40-28(35-34)36(29(37)41-31(5,6)7)30(38)42-32(8,9)10/h14-16,21-23,27H,12-13,17-20H2,1-11H3/t22-,23+,27+,33+,34?. The molecule has 1 unspecified atom stereocenters. The number of carbonyl (C=O) groups is 2. The zero-order valence-corrected chi connectivity index (χ0v) is 27.6. The third kappa shape index (κ3) is 6.34. The zero-order valence-electron chi connectivity index (χ0n) is 27.6. The van der Waals surface area contributed by atoms with Gasteiger partial charge in [-0.25, -0.2) is 14.6 Å². The number of imide groups is 1. The molecule has 42 heavy (non-hydrogen) atoms. The average molecular weight is 585 g/mol. The molecular weight excluding hydrogens is 532 g/mol. The number of aryl methyl sites for hydroxylation is 1. The Bertz CT molecular complexity index is 1170. The highest BCUT2D eigenvalue weighted by atomic mass is 16.6. The minimum atomic E-state index is -0.865. The topological polar surface area (TPSA) is 86.7 Å². The molecule has 0 radical (unpaired) electrons. The Morgan fingerprint density at radius 1 is 1.02 bits per heavy atom. The minimum Gasteiger partial charge on any atom is -0.461 e. The molecule has 1 aromatic carbocycles. The summed E-state index contributed by atoms with van der Waals surface area (Å²) >= 11 is 0. The van der Waals surface area contributed by atoms with Crippen molar-refractivity contribution in [1.29, 1.82) is 0 Å². The van der Waals surface area contributed by atoms with Crippen LogP contribution in [0.2, 0.25) is 0 Å². The molecule has 1 fully saturated rings. The van der Waals surface area contributed by atoms with E-state index in [-0.39, 0.29) is 24.1 Å². The lowest BCUT2D eigenvalue weighted by Gasteiger charge is -2.50. The molecule has 234 valence electrons. The summed E-state index contributed by atoms with van der Waals surface area (Å²) < 4.78 is 23.6. The van der Waals surface area contributed by atoms with E-state index in [1.807, 2.05) is 0 Å². The molecule has 0 saturated heterocycles. The summed E-state index contributed by atoms with van der Waals surface area (Å²) in [6.45, 7) is 19.8. The quantitative estimate of drug-likeness (QED) is 0.361. The summed E-state index contributed by atoms with van der Waals surface area (Å²) in [6.07, 6.45) is 3.14. The number of methoxy groups -OCH3 is 1. The lowest BCUT2D eigenvalue weighted by atomic mass is 9.57. The van der Waals surface area contributed by atoms with Crippen molar-refractivity contribution in [2.75, 3.05) is 13.7 Å². The van der Waals surface area contributed by atoms with E-state index in [0.717, 1.165) is 42.6 Å². The monoisotopic (exact) mass is 584 g/mol. The lowest BCUT2D eigenvalue weighted by Crippen LogP contribution is -2.51. The van der Waals surface area contributed by atoms with E-state index < -0.39 is 28.9 Å². The van der Waals surface area contributed by atoms with Crippen LogP contribution in [0.5, 0.6) is 0 Å². The molecule has 5 atom stereocenters. The molecule has 4 rings (SSSR count). The molecule has 0 bridgehead atoms. The van der Waals surface area contributed by atoms with E-state index in [9.17, 15) is 9.59 Å². The van der Waals surface area contributed by atoms with E-state index in [4.69, 9.17) is 23.9 Å². The molecule has 0 aromatic heterocycles. The van der Waals surface area contributed by atoms with Crippen LogP contribution in [0.15, 0.2) is 23.2 Å². The molecule has 1 saturated carbocycles. The van der Waals surface area contributed by atoms with Gasteiger partial charge in [-0.05, 0) is 108 Å². The summed E-state index contributed by atoms with van der Waals surface area (Å²) in [5, 5.41) is 0. The number of benzene rings is 1. The molecule has 2 amide bonds. The Morgan fingerprint density at radius 3 is 2.10 bits per heavy atom. The first-order valence-electron chi connectivity index (χ1n) is 15.5. The summed E-state index contributed by atoms with van der Waals surface area (Å²) in [5.74, 6) is 1.20. The molecule has 2 aliphatic carbocycles. The highest BCUT2D eigenvalue weighted by Crippen LogP contribution is 2.63. The third-order valence-electron chi connectivity index (χ3n) is 8.90. The van der Waals surface area contributed by atoms with Gasteiger partial charge in [-0.3, -0.25) is 0 Å². The van der Waals surface area contributed by atoms with E-state index in [0.29, 0.717) is 17.8 Å². The predicted octanol–water partition coefficient (Wildman–Crippen LogP) is 7.65. The summed E-state index contributed by atoms with van der Waals surface area (Å²) in [7, 11) is 1.80. The zero-order chi connectivity index (χ0) is 31.3. The van der Waals surface area contributed by atoms with Crippen LogP contribution in [0.25, 0.3) is 0 Å². The van der Waals surface area contributed by atoms with Crippen molar-refractivity contribution in [3.63, 3.8) is 0 Å². The fraction of sp³-hybridized carbons (Fsp3) is 0.735. The van der Waals surface area contributed by atoms with Crippen LogP contribution in [0, 0.1) is 23.2 Å². The van der Waals surface area contributed by atoms with Crippen LogP contribution in [-0.4, -0.2) is 54.1 Å². The number of amides is 2. The largest absolute Gasteiger partial charge is 0.461 e. The van der Waals surface area contributed by atoms with Crippen molar-refractivity contribution in [3.8, 4) is 0 Å². The van der Waals surface area contributed by atoms with Crippen LogP contribution in [-0.2, 0) is 37.3 Å². The fourth-order valence-electron chi connectivity index (χ4n) is 7.39. The van der Waals surface area contributed by atoms with Crippen molar-refractivity contribution < 1.29 is 28.5 Å². The maximum atomic E-state index is 13.5. The van der Waals surface area contributed by atoms with Gasteiger partial charge in [0.2, 0.25) is 0 Å². The average Bonchev–Trinajstić information content (AvgIpc) is 3.36. The SMILES string of the molecule is CO[C@H]1[C@H](C)C[C@@]2(Cc3ccc(CCC(C)C)cc3C23COC(N(C(=O)OC(C)(C)C)C(=O)OC(C)(C)C)=N3)C[C@@H]1C. The summed E-state index contributed by atoms with van der Waals surface area (Å²) in [4.78, 5) is 33.1. The Labute approximate surface area is 252 Å². The normalized spacial score (nSPS) is 29.0. The third-order valence-corrected chi connectivity index (χ3v) is 8.90. The van der Waals surface area contributed by atoms with Gasteiger partial charge in [0.05, 0.1) is 6.10 Å². The van der Waals surface area contributed by atoms with Gasteiger partial charge >= 0.3 is 18.2 Å². The predicted molar refractivity (Wildman–Crippen MR) is 163 cm³/mol. The number of amidine groups is 1. The van der Waals surface area contributed by atoms with Crippen molar-refractivity contribution in [2.24, 2.45) is 28.2 Å². The minimum absolute atomic E-state index is 0.0625. The number of hydrogen-bond donors (Lipinski definition) is 0. The van der Waals surface area contributed by atoms with Crippen LogP contribution in [0.4, 0.5) is 9.59 Å². The summed E-state index contributed by atoms with van der Waals surface area (Å²) in [5.41, 5.74) is 0.999. The van der Waals surface area contributed by atoms with Gasteiger partial charge in [0.25, 0.3) is 0 Å². The molecule has 1 heterocycles. The molecule has 8 heteroatoms. The molecule has 2 spiro atoms. The first-order chi connectivity index (χ1) is 19.4. The first kappa shape index (κ1) is 32.3. The Morgan fingerprint density at radius 2 is 1.60 bits per heavy atom. The van der Waals surface area contributed by atoms with E-state index in [2.05, 4.69) is 45.9 Å². The molecule has 1 aromatic rings. The van der Waals surface area contributed by atoms with E-state index >= 15 is 0 Å². The number of aliphatic imine (C=N–C) groups is 1. The van der Waals surface area contributed by atoms with E-state index in [1.54, 1.807) is 48.7 Å². The van der Waals surface area contributed by atoms with Crippen LogP contribution < -0.4 is 0 Å². The Kier molecular flexibility index (Phi) is 8.83. The van der Waals surface area contributed by atoms with Gasteiger partial charge in [-0.2, -0.15) is 0 Å². The maximum Gasteiger partial charge on any atom is 0.428 e. The summed E-state index contributed by atoms with van der Waals surface area (Å²) in [6, 6.07) is 6.74. The van der Waals surface area contributed by atoms with Gasteiger partial charge in [0.1, 0.15) is 23.3 Å². The van der Waals surface area contributed by atoms with Crippen molar-refractivity contribution in [1.82, 2.24) is 4.90 Å². The van der Waals surface area contributed by atoms with Crippen LogP contribution in [0.3, 0.4) is 0 Å². The first-order valence-corrected chi connectivity index (χ1v) is 15.5. The van der Waals surface area contributed by atoms with Gasteiger partial charge in [0, 0.05) is 12.5 Å². The number of fused-ring (bicyclic) bond motifs is 3. The van der Waals surface area contributed by atoms with E-state index in [1.165, 1.54) is 11.1 Å². The van der Waals surface area contributed by atoms with Crippen molar-refractivity contribution in [3.05, 3.63) is 34.9 Å². The second-order valence-electron chi connectivity index (χ2n) is 15.3. The Balaban J connectivity index is 1.85. The lowest BCUT2D eigenvalue weighted by molar-refractivity contribution is -0.0780. The van der Waals surface area contributed by atoms with Crippen molar-refractivity contribution in [2.45, 2.75) is 124 Å². The highest BCUT2D eigenvalue weighted by molar-refractivity contribution is 6.06. The highest BCUT2D eigenvalue weighted by Gasteiger charge is 2.64. The van der Waals surface area contributed by atoms with Crippen LogP contribution in [0.1, 0.15) is 105 Å². The number of nitrogens with zero attached hydrogens (tertiary/aromatic N) is 2. The molecule has 0 N–H and O–H groups in total. The van der Waals surface area contributed by atoms with Gasteiger partial charge in [-0.1, -0.05) is 45.9 Å². The molecule has 1 aliphatic heterocycles. The maximum absolute atomic E-state index is 13.5. The fourth-order valence-corrected chi connectivity index (χ4v) is 7.39. The number of hydrogen-bond acceptors (Lipinski definition) is 7. The number of carbonyl (C=O) groups excluding carboxylic acids is 2. The second-order valence-corrected chi connectivity index (χ2v) is 15.3. The molecule has 3 aliphatic rings.